The van der Waals surface area contributed by atoms with Crippen LogP contribution in [-0.2, 0) is 6.67 Å². The van der Waals surface area contributed by atoms with E-state index in [9.17, 15) is 4.79 Å². The van der Waals surface area contributed by atoms with Gasteiger partial charge in [-0.05, 0) is 34.1 Å². The molecule has 3 nitrogen and oxygen atoms in total. The number of rotatable bonds is 3. The van der Waals surface area contributed by atoms with Gasteiger partial charge in [-0.15, -0.1) is 0 Å². The van der Waals surface area contributed by atoms with Crippen LogP contribution in [0.2, 0.25) is 0 Å². The Morgan fingerprint density at radius 1 is 1.25 bits per heavy atom. The number of amides is 1. The van der Waals surface area contributed by atoms with Crippen molar-refractivity contribution in [3.8, 4) is 0 Å². The van der Waals surface area contributed by atoms with Gasteiger partial charge < -0.3 is 9.88 Å². The quantitative estimate of drug-likeness (QED) is 0.920. The molecule has 1 N–H and O–H groups in total. The summed E-state index contributed by atoms with van der Waals surface area (Å²) in [5.74, 6) is -0.0644. The molecule has 0 saturated carbocycles. The Hall–Kier alpha value is -1.55. The Kier molecular flexibility index (Phi) is 3.41. The van der Waals surface area contributed by atoms with Crippen LogP contribution in [0.5, 0.6) is 0 Å². The summed E-state index contributed by atoms with van der Waals surface area (Å²) in [6.07, 6.45) is 3.81. The van der Waals surface area contributed by atoms with Crippen molar-refractivity contribution in [2.45, 2.75) is 6.67 Å². The summed E-state index contributed by atoms with van der Waals surface area (Å²) in [5, 5.41) is 2.83. The maximum Gasteiger partial charge on any atom is 0.252 e. The second-order valence-electron chi connectivity index (χ2n) is 3.37. The van der Waals surface area contributed by atoms with Crippen LogP contribution >= 0.6 is 15.9 Å². The van der Waals surface area contributed by atoms with Crippen LogP contribution in [0.15, 0.2) is 53.3 Å². The van der Waals surface area contributed by atoms with Gasteiger partial charge in [-0.3, -0.25) is 4.79 Å². The fourth-order valence-corrected chi connectivity index (χ4v) is 1.75. The van der Waals surface area contributed by atoms with E-state index >= 15 is 0 Å². The van der Waals surface area contributed by atoms with Gasteiger partial charge in [0.2, 0.25) is 0 Å². The maximum absolute atomic E-state index is 11.7. The van der Waals surface area contributed by atoms with Gasteiger partial charge >= 0.3 is 0 Å². The molecule has 0 spiro atoms. The van der Waals surface area contributed by atoms with Crippen molar-refractivity contribution < 1.29 is 4.79 Å². The average Bonchev–Trinajstić information content (AvgIpc) is 2.73. The van der Waals surface area contributed by atoms with E-state index in [-0.39, 0.29) is 5.91 Å². The molecule has 1 amide bonds. The zero-order valence-corrected chi connectivity index (χ0v) is 10.1. The molecule has 1 aromatic heterocycles. The molecule has 0 aliphatic heterocycles. The average molecular weight is 279 g/mol. The van der Waals surface area contributed by atoms with E-state index in [0.717, 1.165) is 4.47 Å². The van der Waals surface area contributed by atoms with E-state index in [4.69, 9.17) is 0 Å². The maximum atomic E-state index is 11.7. The van der Waals surface area contributed by atoms with E-state index in [0.29, 0.717) is 12.2 Å². The largest absolute Gasteiger partial charge is 0.335 e. The highest BCUT2D eigenvalue weighted by atomic mass is 79.9. The topological polar surface area (TPSA) is 34.0 Å². The number of carbonyl (C=O) groups is 1. The summed E-state index contributed by atoms with van der Waals surface area (Å²) in [6.45, 7) is 0.472. The molecule has 1 aromatic carbocycles. The first-order valence-electron chi connectivity index (χ1n) is 4.90. The highest BCUT2D eigenvalue weighted by molar-refractivity contribution is 9.10. The third-order valence-corrected chi connectivity index (χ3v) is 2.64. The Balaban J connectivity index is 1.94. The SMILES string of the molecule is O=C(NCn1ccc(Br)c1)c1ccccc1. The predicted octanol–water partition coefficient (Wildman–Crippen LogP) is 2.64. The van der Waals surface area contributed by atoms with Crippen LogP contribution in [0.25, 0.3) is 0 Å². The van der Waals surface area contributed by atoms with Crippen molar-refractivity contribution in [3.05, 3.63) is 58.8 Å². The van der Waals surface area contributed by atoms with Crippen LogP contribution in [0.4, 0.5) is 0 Å². The summed E-state index contributed by atoms with van der Waals surface area (Å²) in [5.41, 5.74) is 0.675. The Morgan fingerprint density at radius 2 is 2.00 bits per heavy atom. The number of hydrogen-bond acceptors (Lipinski definition) is 1. The number of carbonyl (C=O) groups excluding carboxylic acids is 1. The first-order chi connectivity index (χ1) is 7.75. The van der Waals surface area contributed by atoms with Crippen LogP contribution in [0, 0.1) is 0 Å². The minimum atomic E-state index is -0.0644. The summed E-state index contributed by atoms with van der Waals surface area (Å²) in [7, 11) is 0. The fourth-order valence-electron chi connectivity index (χ4n) is 1.36. The Morgan fingerprint density at radius 3 is 2.62 bits per heavy atom. The van der Waals surface area contributed by atoms with Crippen molar-refractivity contribution in [1.29, 1.82) is 0 Å². The minimum absolute atomic E-state index is 0.0644. The van der Waals surface area contributed by atoms with Gasteiger partial charge in [0.25, 0.3) is 5.91 Å². The summed E-state index contributed by atoms with van der Waals surface area (Å²) < 4.78 is 2.90. The number of aromatic nitrogens is 1. The van der Waals surface area contributed by atoms with E-state index in [1.165, 1.54) is 0 Å². The van der Waals surface area contributed by atoms with Gasteiger partial charge in [0.15, 0.2) is 0 Å². The van der Waals surface area contributed by atoms with Gasteiger partial charge in [-0.1, -0.05) is 18.2 Å². The standard InChI is InChI=1S/C12H11BrN2O/c13-11-6-7-15(8-11)9-14-12(16)10-4-2-1-3-5-10/h1-8H,9H2,(H,14,16). The molecule has 16 heavy (non-hydrogen) atoms. The zero-order chi connectivity index (χ0) is 11.4. The molecular weight excluding hydrogens is 268 g/mol. The third kappa shape index (κ3) is 2.73. The minimum Gasteiger partial charge on any atom is -0.335 e. The van der Waals surface area contributed by atoms with Crippen LogP contribution < -0.4 is 5.32 Å². The van der Waals surface area contributed by atoms with Crippen molar-refractivity contribution in [2.24, 2.45) is 0 Å². The van der Waals surface area contributed by atoms with Crippen molar-refractivity contribution in [2.75, 3.05) is 0 Å². The van der Waals surface area contributed by atoms with Crippen LogP contribution in [-0.4, -0.2) is 10.5 Å². The number of hydrogen-bond donors (Lipinski definition) is 1. The molecule has 0 atom stereocenters. The molecule has 0 aliphatic carbocycles. The van der Waals surface area contributed by atoms with E-state index in [1.807, 2.05) is 41.2 Å². The molecule has 0 radical (unpaired) electrons. The highest BCUT2D eigenvalue weighted by Gasteiger charge is 2.03. The lowest BCUT2D eigenvalue weighted by molar-refractivity contribution is 0.0942. The molecule has 0 bridgehead atoms. The molecule has 4 heteroatoms. The van der Waals surface area contributed by atoms with Crippen molar-refractivity contribution >= 4 is 21.8 Å². The Bertz CT molecular complexity index is 479. The van der Waals surface area contributed by atoms with Crippen LogP contribution in [0.1, 0.15) is 10.4 Å². The monoisotopic (exact) mass is 278 g/mol. The smallest absolute Gasteiger partial charge is 0.252 e. The summed E-state index contributed by atoms with van der Waals surface area (Å²) >= 11 is 3.35. The molecule has 0 aliphatic rings. The van der Waals surface area contributed by atoms with Gasteiger partial charge in [0.1, 0.15) is 0 Å². The van der Waals surface area contributed by atoms with Crippen LogP contribution in [0.3, 0.4) is 0 Å². The Labute approximate surface area is 102 Å². The first-order valence-corrected chi connectivity index (χ1v) is 5.69. The molecule has 1 heterocycles. The van der Waals surface area contributed by atoms with Gasteiger partial charge in [-0.2, -0.15) is 0 Å². The predicted molar refractivity (Wildman–Crippen MR) is 66.0 cm³/mol. The zero-order valence-electron chi connectivity index (χ0n) is 8.56. The highest BCUT2D eigenvalue weighted by Crippen LogP contribution is 2.08. The van der Waals surface area contributed by atoms with Gasteiger partial charge in [-0.25, -0.2) is 0 Å². The third-order valence-electron chi connectivity index (χ3n) is 2.17. The lowest BCUT2D eigenvalue weighted by Crippen LogP contribution is -2.25. The molecular formula is C12H11BrN2O. The van der Waals surface area contributed by atoms with E-state index < -0.39 is 0 Å². The summed E-state index contributed by atoms with van der Waals surface area (Å²) in [6, 6.07) is 11.1. The molecule has 0 unspecified atom stereocenters. The molecule has 82 valence electrons. The number of halogens is 1. The second kappa shape index (κ2) is 4.99. The molecule has 2 rings (SSSR count). The van der Waals surface area contributed by atoms with Crippen molar-refractivity contribution in [3.63, 3.8) is 0 Å². The molecule has 0 saturated heterocycles. The molecule has 2 aromatic rings. The van der Waals surface area contributed by atoms with E-state index in [1.54, 1.807) is 12.1 Å². The lowest BCUT2D eigenvalue weighted by Gasteiger charge is -2.05. The van der Waals surface area contributed by atoms with Crippen molar-refractivity contribution in [1.82, 2.24) is 9.88 Å². The lowest BCUT2D eigenvalue weighted by atomic mass is 10.2. The van der Waals surface area contributed by atoms with Gasteiger partial charge in [0, 0.05) is 22.4 Å². The number of benzene rings is 1. The normalized spacial score (nSPS) is 10.1. The molecule has 0 fully saturated rings. The summed E-state index contributed by atoms with van der Waals surface area (Å²) in [4.78, 5) is 11.7. The second-order valence-corrected chi connectivity index (χ2v) is 4.29. The number of nitrogens with one attached hydrogen (secondary N) is 1. The number of nitrogens with zero attached hydrogens (tertiary/aromatic N) is 1. The first kappa shape index (κ1) is 11.0. The van der Waals surface area contributed by atoms with Gasteiger partial charge in [0.05, 0.1) is 6.67 Å². The fraction of sp³-hybridized carbons (Fsp3) is 0.0833. The van der Waals surface area contributed by atoms with E-state index in [2.05, 4.69) is 21.2 Å².